The van der Waals surface area contributed by atoms with Gasteiger partial charge in [-0.15, -0.1) is 11.3 Å². The lowest BCUT2D eigenvalue weighted by Crippen LogP contribution is -2.32. The van der Waals surface area contributed by atoms with Crippen molar-refractivity contribution in [2.75, 3.05) is 10.1 Å². The fourth-order valence-electron chi connectivity index (χ4n) is 3.15. The number of aliphatic hydroxyl groups is 1. The Bertz CT molecular complexity index is 1170. The summed E-state index contributed by atoms with van der Waals surface area (Å²) in [5.74, 6) is -1.73. The maximum Gasteiger partial charge on any atom is 0.419 e. The monoisotopic (exact) mass is 460 g/mol. The second-order valence-corrected chi connectivity index (χ2v) is 9.92. The topological polar surface area (TPSA) is 57.6 Å². The number of alkyl halides is 3. The van der Waals surface area contributed by atoms with Crippen LogP contribution in [0.1, 0.15) is 36.6 Å². The van der Waals surface area contributed by atoms with Crippen molar-refractivity contribution in [3.05, 3.63) is 65.0 Å². The predicted octanol–water partition coefficient (Wildman–Crippen LogP) is 5.47. The number of rotatable bonds is 6. The van der Waals surface area contributed by atoms with Gasteiger partial charge in [0.1, 0.15) is 10.8 Å². The minimum absolute atomic E-state index is 0.0188. The van der Waals surface area contributed by atoms with Crippen molar-refractivity contribution >= 4 is 36.4 Å². The number of anilines is 1. The maximum atomic E-state index is 13.7. The van der Waals surface area contributed by atoms with Crippen molar-refractivity contribution in [1.82, 2.24) is 0 Å². The largest absolute Gasteiger partial charge is 0.419 e. The minimum atomic E-state index is -4.91. The number of fused-ring (bicyclic) bond motifs is 1. The van der Waals surface area contributed by atoms with Crippen molar-refractivity contribution in [2.45, 2.75) is 32.7 Å². The fraction of sp³-hybridized carbons (Fsp3) is 0.300. The summed E-state index contributed by atoms with van der Waals surface area (Å²) in [6.45, 7) is 2.49. The van der Waals surface area contributed by atoms with Crippen LogP contribution in [0.2, 0.25) is 0 Å². The highest BCUT2D eigenvalue weighted by Crippen LogP contribution is 2.43. The Labute approximate surface area is 175 Å². The number of aliphatic hydroxyl groups excluding tert-OH is 1. The van der Waals surface area contributed by atoms with Gasteiger partial charge in [-0.1, -0.05) is 24.3 Å². The van der Waals surface area contributed by atoms with E-state index < -0.39 is 40.2 Å². The average Bonchev–Trinajstić information content (AvgIpc) is 3.05. The van der Waals surface area contributed by atoms with E-state index >= 15 is 0 Å². The van der Waals surface area contributed by atoms with Gasteiger partial charge in [-0.3, -0.25) is 4.31 Å². The van der Waals surface area contributed by atoms with Crippen molar-refractivity contribution in [3.63, 3.8) is 0 Å². The second kappa shape index (κ2) is 8.16. The van der Waals surface area contributed by atoms with E-state index in [2.05, 4.69) is 0 Å². The molecule has 3 aromatic rings. The molecule has 1 heterocycles. The van der Waals surface area contributed by atoms with Gasteiger partial charge in [0.05, 0.1) is 24.0 Å². The van der Waals surface area contributed by atoms with Crippen LogP contribution in [-0.2, 0) is 22.7 Å². The van der Waals surface area contributed by atoms with Crippen LogP contribution in [0.3, 0.4) is 0 Å². The second-order valence-electron chi connectivity index (χ2n) is 6.71. The van der Waals surface area contributed by atoms with E-state index in [-0.39, 0.29) is 16.3 Å². The first-order valence-electron chi connectivity index (χ1n) is 9.01. The molecule has 0 spiro atoms. The first kappa shape index (κ1) is 22.5. The zero-order valence-electron chi connectivity index (χ0n) is 16.1. The quantitative estimate of drug-likeness (QED) is 0.497. The molecule has 1 N–H and O–H groups in total. The molecule has 0 aliphatic heterocycles. The Morgan fingerprint density at radius 2 is 1.83 bits per heavy atom. The van der Waals surface area contributed by atoms with Crippen LogP contribution in [-0.4, -0.2) is 19.3 Å². The number of thiophene rings is 1. The van der Waals surface area contributed by atoms with Gasteiger partial charge >= 0.3 is 6.18 Å². The first-order valence-corrected chi connectivity index (χ1v) is 11.4. The van der Waals surface area contributed by atoms with Crippen molar-refractivity contribution in [1.29, 1.82) is 0 Å². The van der Waals surface area contributed by atoms with E-state index in [4.69, 9.17) is 0 Å². The summed E-state index contributed by atoms with van der Waals surface area (Å²) in [4.78, 5) is 0. The Balaban J connectivity index is 2.18. The van der Waals surface area contributed by atoms with Gasteiger partial charge in [0.25, 0.3) is 0 Å². The minimum Gasteiger partial charge on any atom is -0.389 e. The lowest BCUT2D eigenvalue weighted by atomic mass is 9.97. The van der Waals surface area contributed by atoms with Crippen LogP contribution in [0.25, 0.3) is 10.1 Å². The van der Waals surface area contributed by atoms with Gasteiger partial charge in [0.2, 0.25) is 10.0 Å². The number of nitrogens with zero attached hydrogens (tertiary/aromatic N) is 1. The van der Waals surface area contributed by atoms with Crippen molar-refractivity contribution in [3.8, 4) is 0 Å². The molecule has 0 saturated heterocycles. The SMILES string of the molecule is CCS(=O)(=O)N(Cc1ccc(F)c(C(F)(F)F)c1)c1sc2ccccc2c1C([11CH3])O. The zero-order chi connectivity index (χ0) is 22.3. The van der Waals surface area contributed by atoms with E-state index in [1.807, 2.05) is 0 Å². The third-order valence-corrected chi connectivity index (χ3v) is 7.66. The van der Waals surface area contributed by atoms with Crippen molar-refractivity contribution < 1.29 is 31.1 Å². The molecule has 30 heavy (non-hydrogen) atoms. The standard InChI is InChI=1S/C20H19F4NO3S2/c1-3-30(27,28)25(11-13-8-9-16(21)15(10-13)20(22,23)24)19-18(12(2)26)14-6-4-5-7-17(14)29-19/h4-10,12,26H,3,11H2,1-2H3/i2-1. The third kappa shape index (κ3) is 4.30. The Kier molecular flexibility index (Phi) is 6.13. The molecular weight excluding hydrogens is 441 g/mol. The molecule has 0 amide bonds. The van der Waals surface area contributed by atoms with Crippen LogP contribution < -0.4 is 4.31 Å². The van der Waals surface area contributed by atoms with E-state index in [0.717, 1.165) is 26.4 Å². The molecule has 0 bridgehead atoms. The summed E-state index contributed by atoms with van der Waals surface area (Å²) >= 11 is 1.13. The molecule has 2 aromatic carbocycles. The molecule has 3 rings (SSSR count). The van der Waals surface area contributed by atoms with Gasteiger partial charge in [-0.05, 0) is 37.6 Å². The van der Waals surface area contributed by atoms with Crippen LogP contribution in [0.5, 0.6) is 0 Å². The Morgan fingerprint density at radius 1 is 1.17 bits per heavy atom. The lowest BCUT2D eigenvalue weighted by Gasteiger charge is -2.25. The van der Waals surface area contributed by atoms with Crippen LogP contribution in [0.4, 0.5) is 22.6 Å². The van der Waals surface area contributed by atoms with E-state index in [1.54, 1.807) is 24.3 Å². The predicted molar refractivity (Wildman–Crippen MR) is 110 cm³/mol. The average molecular weight is 461 g/mol. The highest BCUT2D eigenvalue weighted by Gasteiger charge is 2.35. The molecule has 1 aromatic heterocycles. The maximum absolute atomic E-state index is 13.7. The van der Waals surface area contributed by atoms with E-state index in [9.17, 15) is 31.1 Å². The molecule has 4 nitrogen and oxygen atoms in total. The highest BCUT2D eigenvalue weighted by atomic mass is 32.2. The van der Waals surface area contributed by atoms with Gasteiger partial charge in [0, 0.05) is 15.6 Å². The first-order chi connectivity index (χ1) is 14.0. The number of hydrogen-bond donors (Lipinski definition) is 1. The summed E-state index contributed by atoms with van der Waals surface area (Å²) in [6, 6.07) is 9.44. The molecule has 0 aliphatic rings. The normalized spacial score (nSPS) is 13.6. The molecule has 162 valence electrons. The summed E-state index contributed by atoms with van der Waals surface area (Å²) in [5.41, 5.74) is -1.10. The highest BCUT2D eigenvalue weighted by molar-refractivity contribution is 7.92. The van der Waals surface area contributed by atoms with Crippen molar-refractivity contribution in [2.24, 2.45) is 0 Å². The smallest absolute Gasteiger partial charge is 0.389 e. The molecule has 0 saturated carbocycles. The fourth-order valence-corrected chi connectivity index (χ4v) is 5.81. The third-order valence-electron chi connectivity index (χ3n) is 4.62. The van der Waals surface area contributed by atoms with Gasteiger partial charge in [-0.25, -0.2) is 12.8 Å². The van der Waals surface area contributed by atoms with E-state index in [1.165, 1.54) is 13.8 Å². The number of benzene rings is 2. The van der Waals surface area contributed by atoms with Gasteiger partial charge in [0.15, 0.2) is 0 Å². The summed E-state index contributed by atoms with van der Waals surface area (Å²) in [7, 11) is -3.92. The van der Waals surface area contributed by atoms with E-state index in [0.29, 0.717) is 23.1 Å². The van der Waals surface area contributed by atoms with Gasteiger partial charge in [-0.2, -0.15) is 13.2 Å². The van der Waals surface area contributed by atoms with Crippen LogP contribution in [0, 0.1) is 5.82 Å². The molecule has 1 unspecified atom stereocenters. The summed E-state index contributed by atoms with van der Waals surface area (Å²) in [5, 5.41) is 11.2. The number of halogens is 4. The zero-order valence-corrected chi connectivity index (χ0v) is 17.7. The number of hydrogen-bond acceptors (Lipinski definition) is 4. The molecular formula is C20H19F4NO3S2. The molecule has 10 heteroatoms. The van der Waals surface area contributed by atoms with Crippen LogP contribution >= 0.6 is 11.3 Å². The summed E-state index contributed by atoms with van der Waals surface area (Å²) in [6.07, 6.45) is -5.92. The molecule has 0 aliphatic carbocycles. The Morgan fingerprint density at radius 3 is 2.43 bits per heavy atom. The molecule has 0 radical (unpaired) electrons. The summed E-state index contributed by atoms with van der Waals surface area (Å²) < 4.78 is 80.4. The molecule has 1 atom stereocenters. The number of sulfonamides is 1. The van der Waals surface area contributed by atoms with Crippen LogP contribution in [0.15, 0.2) is 42.5 Å². The Hall–Kier alpha value is -2.17. The van der Waals surface area contributed by atoms with Gasteiger partial charge < -0.3 is 5.11 Å². The lowest BCUT2D eigenvalue weighted by molar-refractivity contribution is -0.140. The molecule has 0 fully saturated rings.